The highest BCUT2D eigenvalue weighted by atomic mass is 35.5. The average Bonchev–Trinajstić information content (AvgIpc) is 2.50. The quantitative estimate of drug-likeness (QED) is 0.845. The van der Waals surface area contributed by atoms with E-state index in [0.717, 1.165) is 49.8 Å². The number of benzene rings is 1. The third-order valence-electron chi connectivity index (χ3n) is 4.05. The Labute approximate surface area is 142 Å². The van der Waals surface area contributed by atoms with Gasteiger partial charge in [-0.3, -0.25) is 4.90 Å². The molecule has 0 aromatic heterocycles. The lowest BCUT2D eigenvalue weighted by molar-refractivity contribution is 0.174. The van der Waals surface area contributed by atoms with Gasteiger partial charge >= 0.3 is 0 Å². The number of nitrogens with one attached hydrogen (secondary N) is 1. The second-order valence-corrected chi connectivity index (χ2v) is 6.55. The largest absolute Gasteiger partial charge is 0.360 e. The van der Waals surface area contributed by atoms with E-state index in [1.165, 1.54) is 12.1 Å². The summed E-state index contributed by atoms with van der Waals surface area (Å²) >= 11 is 11.5. The van der Waals surface area contributed by atoms with E-state index in [2.05, 4.69) is 29.0 Å². The molecular weight excluding hydrogens is 321 g/mol. The normalized spacial score (nSPS) is 17.4. The van der Waals surface area contributed by atoms with Gasteiger partial charge in [0.1, 0.15) is 5.82 Å². The summed E-state index contributed by atoms with van der Waals surface area (Å²) in [6.45, 7) is 8.69. The maximum absolute atomic E-state index is 13.1. The fourth-order valence-electron chi connectivity index (χ4n) is 2.40. The summed E-state index contributed by atoms with van der Waals surface area (Å²) in [5.41, 5.74) is 0.969. The molecule has 1 aliphatic rings. The number of rotatable bonds is 4. The molecule has 0 radical (unpaired) electrons. The van der Waals surface area contributed by atoms with Crippen LogP contribution in [0, 0.1) is 5.82 Å². The second kappa shape index (κ2) is 8.09. The molecule has 1 aliphatic heterocycles. The minimum atomic E-state index is -0.292. The van der Waals surface area contributed by atoms with Gasteiger partial charge in [0.05, 0.1) is 0 Å². The van der Waals surface area contributed by atoms with Gasteiger partial charge in [-0.05, 0) is 43.3 Å². The zero-order chi connectivity index (χ0) is 16.1. The van der Waals surface area contributed by atoms with Crippen molar-refractivity contribution in [1.29, 1.82) is 0 Å². The Balaban J connectivity index is 1.83. The van der Waals surface area contributed by atoms with E-state index in [-0.39, 0.29) is 5.82 Å². The van der Waals surface area contributed by atoms with Crippen molar-refractivity contribution in [3.8, 4) is 0 Å². The Bertz CT molecular complexity index is 518. The number of hydrogen-bond donors (Lipinski definition) is 1. The molecule has 0 amide bonds. The first-order valence-corrected chi connectivity index (χ1v) is 8.50. The topological polar surface area (TPSA) is 18.5 Å². The molecule has 1 unspecified atom stereocenters. The van der Waals surface area contributed by atoms with Crippen LogP contribution in [0.1, 0.15) is 25.8 Å². The Morgan fingerprint density at radius 3 is 2.64 bits per heavy atom. The van der Waals surface area contributed by atoms with Gasteiger partial charge in [0.25, 0.3) is 0 Å². The maximum Gasteiger partial charge on any atom is 0.169 e. The first-order valence-electron chi connectivity index (χ1n) is 7.71. The molecule has 0 aliphatic carbocycles. The molecule has 3 nitrogen and oxygen atoms in total. The van der Waals surface area contributed by atoms with Gasteiger partial charge in [-0.15, -0.1) is 0 Å². The fourth-order valence-corrected chi connectivity index (χ4v) is 3.01. The summed E-state index contributed by atoms with van der Waals surface area (Å²) in [7, 11) is 0. The van der Waals surface area contributed by atoms with Crippen molar-refractivity contribution in [2.24, 2.45) is 0 Å². The van der Waals surface area contributed by atoms with E-state index in [1.54, 1.807) is 6.07 Å². The van der Waals surface area contributed by atoms with Crippen molar-refractivity contribution in [2.75, 3.05) is 26.2 Å². The van der Waals surface area contributed by atoms with Crippen LogP contribution in [0.25, 0.3) is 0 Å². The molecule has 1 heterocycles. The number of thiocarbonyl (C=S) groups is 1. The van der Waals surface area contributed by atoms with Crippen LogP contribution in [0.5, 0.6) is 0 Å². The molecule has 122 valence electrons. The van der Waals surface area contributed by atoms with Gasteiger partial charge in [0.15, 0.2) is 5.11 Å². The van der Waals surface area contributed by atoms with Crippen LogP contribution in [-0.4, -0.2) is 47.1 Å². The fraction of sp³-hybridized carbons (Fsp3) is 0.562. The predicted octanol–water partition coefficient (Wildman–Crippen LogP) is 3.27. The van der Waals surface area contributed by atoms with Crippen molar-refractivity contribution >= 4 is 28.9 Å². The van der Waals surface area contributed by atoms with Gasteiger partial charge in [0.2, 0.25) is 0 Å². The number of nitrogens with zero attached hydrogens (tertiary/aromatic N) is 2. The lowest BCUT2D eigenvalue weighted by Crippen LogP contribution is -2.52. The van der Waals surface area contributed by atoms with Crippen molar-refractivity contribution in [1.82, 2.24) is 15.1 Å². The Kier molecular flexibility index (Phi) is 6.41. The van der Waals surface area contributed by atoms with E-state index in [9.17, 15) is 4.39 Å². The van der Waals surface area contributed by atoms with Gasteiger partial charge in [-0.2, -0.15) is 0 Å². The molecule has 1 N–H and O–H groups in total. The monoisotopic (exact) mass is 343 g/mol. The van der Waals surface area contributed by atoms with Crippen LogP contribution in [0.3, 0.4) is 0 Å². The third kappa shape index (κ3) is 4.80. The molecule has 0 bridgehead atoms. The SMILES string of the molecule is CCC(C)NC(=S)N1CCN(Cc2ccc(F)cc2Cl)CC1. The maximum atomic E-state index is 13.1. The molecule has 1 aromatic carbocycles. The van der Waals surface area contributed by atoms with Crippen LogP contribution in [0.4, 0.5) is 4.39 Å². The second-order valence-electron chi connectivity index (χ2n) is 5.76. The van der Waals surface area contributed by atoms with Gasteiger partial charge in [0, 0.05) is 43.8 Å². The molecular formula is C16H23ClFN3S. The van der Waals surface area contributed by atoms with Crippen LogP contribution < -0.4 is 5.32 Å². The minimum Gasteiger partial charge on any atom is -0.360 e. The predicted molar refractivity (Wildman–Crippen MR) is 93.7 cm³/mol. The summed E-state index contributed by atoms with van der Waals surface area (Å²) in [6, 6.07) is 5.00. The summed E-state index contributed by atoms with van der Waals surface area (Å²) in [5.74, 6) is -0.292. The molecule has 0 spiro atoms. The number of halogens is 2. The number of hydrogen-bond acceptors (Lipinski definition) is 2. The van der Waals surface area contributed by atoms with Crippen molar-refractivity contribution < 1.29 is 4.39 Å². The molecule has 6 heteroatoms. The summed E-state index contributed by atoms with van der Waals surface area (Å²) in [5, 5.41) is 4.69. The molecule has 1 atom stereocenters. The lowest BCUT2D eigenvalue weighted by atomic mass is 10.2. The third-order valence-corrected chi connectivity index (χ3v) is 4.78. The molecule has 2 rings (SSSR count). The Morgan fingerprint density at radius 1 is 1.36 bits per heavy atom. The highest BCUT2D eigenvalue weighted by molar-refractivity contribution is 7.80. The highest BCUT2D eigenvalue weighted by Gasteiger charge is 2.20. The van der Waals surface area contributed by atoms with Crippen LogP contribution in [-0.2, 0) is 6.54 Å². The van der Waals surface area contributed by atoms with E-state index < -0.39 is 0 Å². The molecule has 1 aromatic rings. The van der Waals surface area contributed by atoms with Gasteiger partial charge < -0.3 is 10.2 Å². The molecule has 1 saturated heterocycles. The Hall–Kier alpha value is -0.910. The van der Waals surface area contributed by atoms with Gasteiger partial charge in [-0.1, -0.05) is 24.6 Å². The summed E-state index contributed by atoms with van der Waals surface area (Å²) < 4.78 is 13.1. The standard InChI is InChI=1S/C16H23ClFN3S/c1-3-12(2)19-16(22)21-8-6-20(7-9-21)11-13-4-5-14(18)10-15(13)17/h4-5,10,12H,3,6-9,11H2,1-2H3,(H,19,22). The van der Waals surface area contributed by atoms with Crippen molar-refractivity contribution in [3.05, 3.63) is 34.6 Å². The van der Waals surface area contributed by atoms with Crippen LogP contribution in [0.15, 0.2) is 18.2 Å². The van der Waals surface area contributed by atoms with Gasteiger partial charge in [-0.25, -0.2) is 4.39 Å². The van der Waals surface area contributed by atoms with Crippen LogP contribution >= 0.6 is 23.8 Å². The zero-order valence-electron chi connectivity index (χ0n) is 13.1. The van der Waals surface area contributed by atoms with E-state index in [1.807, 2.05) is 0 Å². The average molecular weight is 344 g/mol. The molecule has 0 saturated carbocycles. The van der Waals surface area contributed by atoms with E-state index in [4.69, 9.17) is 23.8 Å². The molecule has 22 heavy (non-hydrogen) atoms. The minimum absolute atomic E-state index is 0.292. The van der Waals surface area contributed by atoms with E-state index in [0.29, 0.717) is 11.1 Å². The van der Waals surface area contributed by atoms with Crippen molar-refractivity contribution in [2.45, 2.75) is 32.9 Å². The van der Waals surface area contributed by atoms with Crippen LogP contribution in [0.2, 0.25) is 5.02 Å². The molecule has 1 fully saturated rings. The zero-order valence-corrected chi connectivity index (χ0v) is 14.7. The van der Waals surface area contributed by atoms with Crippen molar-refractivity contribution in [3.63, 3.8) is 0 Å². The Morgan fingerprint density at radius 2 is 2.05 bits per heavy atom. The highest BCUT2D eigenvalue weighted by Crippen LogP contribution is 2.19. The first kappa shape index (κ1) is 17.4. The first-order chi connectivity index (χ1) is 10.5. The number of piperazine rings is 1. The van der Waals surface area contributed by atoms with E-state index >= 15 is 0 Å². The smallest absolute Gasteiger partial charge is 0.169 e. The lowest BCUT2D eigenvalue weighted by Gasteiger charge is -2.37. The summed E-state index contributed by atoms with van der Waals surface area (Å²) in [4.78, 5) is 4.53. The summed E-state index contributed by atoms with van der Waals surface area (Å²) in [6.07, 6.45) is 1.06.